The quantitative estimate of drug-likeness (QED) is 0.527. The highest BCUT2D eigenvalue weighted by Crippen LogP contribution is 2.32. The van der Waals surface area contributed by atoms with Gasteiger partial charge in [0.05, 0.1) is 31.5 Å². The Morgan fingerprint density at radius 3 is 2.76 bits per heavy atom. The molecule has 0 saturated carbocycles. The Morgan fingerprint density at radius 2 is 1.93 bits per heavy atom. The standard InChI is InChI=1S/C21H19N5O3/c1-13-7-9-14(10-8-13)18-11-26-16(12-28-18)19(23-25-26)20-22-21(29-24-20)15-5-3-4-6-17(15)27-2/h3-10,18H,11-12H2,1-2H3. The number of aromatic nitrogens is 5. The molecule has 0 radical (unpaired) electrons. The second-order valence-electron chi connectivity index (χ2n) is 6.90. The fraction of sp³-hybridized carbons (Fsp3) is 0.238. The van der Waals surface area contributed by atoms with Crippen LogP contribution in [0.2, 0.25) is 0 Å². The molecule has 0 bridgehead atoms. The van der Waals surface area contributed by atoms with Gasteiger partial charge in [0.2, 0.25) is 5.82 Å². The predicted molar refractivity (Wildman–Crippen MR) is 104 cm³/mol. The van der Waals surface area contributed by atoms with E-state index in [4.69, 9.17) is 14.0 Å². The Morgan fingerprint density at radius 1 is 1.10 bits per heavy atom. The van der Waals surface area contributed by atoms with E-state index >= 15 is 0 Å². The largest absolute Gasteiger partial charge is 0.496 e. The van der Waals surface area contributed by atoms with Gasteiger partial charge < -0.3 is 14.0 Å². The third-order valence-electron chi connectivity index (χ3n) is 5.02. The molecule has 1 atom stereocenters. The van der Waals surface area contributed by atoms with Crippen molar-refractivity contribution in [3.63, 3.8) is 0 Å². The first kappa shape index (κ1) is 17.6. The Kier molecular flexibility index (Phi) is 4.33. The molecule has 146 valence electrons. The first-order valence-corrected chi connectivity index (χ1v) is 9.31. The Hall–Kier alpha value is -3.52. The predicted octanol–water partition coefficient (Wildman–Crippen LogP) is 3.58. The van der Waals surface area contributed by atoms with Crippen LogP contribution in [0, 0.1) is 6.92 Å². The van der Waals surface area contributed by atoms with Gasteiger partial charge in [0, 0.05) is 0 Å². The number of ether oxygens (including phenoxy) is 2. The third-order valence-corrected chi connectivity index (χ3v) is 5.02. The van der Waals surface area contributed by atoms with Crippen molar-refractivity contribution in [1.29, 1.82) is 0 Å². The molecule has 0 fully saturated rings. The number of methoxy groups -OCH3 is 1. The maximum absolute atomic E-state index is 6.07. The summed E-state index contributed by atoms with van der Waals surface area (Å²) in [5, 5.41) is 12.7. The summed E-state index contributed by atoms with van der Waals surface area (Å²) in [4.78, 5) is 4.50. The fourth-order valence-electron chi connectivity index (χ4n) is 3.42. The lowest BCUT2D eigenvalue weighted by Gasteiger charge is -2.24. The Balaban J connectivity index is 1.42. The molecule has 0 N–H and O–H groups in total. The number of aryl methyl sites for hydroxylation is 1. The second kappa shape index (κ2) is 7.14. The molecule has 4 aromatic rings. The van der Waals surface area contributed by atoms with Crippen molar-refractivity contribution in [2.45, 2.75) is 26.2 Å². The van der Waals surface area contributed by atoms with Crippen LogP contribution >= 0.6 is 0 Å². The number of rotatable bonds is 4. The van der Waals surface area contributed by atoms with E-state index in [2.05, 4.69) is 51.6 Å². The van der Waals surface area contributed by atoms with Crippen LogP contribution in [0.15, 0.2) is 53.1 Å². The van der Waals surface area contributed by atoms with E-state index in [9.17, 15) is 0 Å². The summed E-state index contributed by atoms with van der Waals surface area (Å²) in [7, 11) is 1.60. The second-order valence-corrected chi connectivity index (χ2v) is 6.90. The molecule has 0 saturated heterocycles. The molecule has 3 heterocycles. The highest BCUT2D eigenvalue weighted by Gasteiger charge is 2.28. The van der Waals surface area contributed by atoms with Gasteiger partial charge in [-0.2, -0.15) is 4.98 Å². The fourth-order valence-corrected chi connectivity index (χ4v) is 3.42. The minimum Gasteiger partial charge on any atom is -0.496 e. The van der Waals surface area contributed by atoms with Crippen molar-refractivity contribution in [2.75, 3.05) is 7.11 Å². The summed E-state index contributed by atoms with van der Waals surface area (Å²) in [6.45, 7) is 3.03. The van der Waals surface area contributed by atoms with Gasteiger partial charge in [0.15, 0.2) is 5.69 Å². The maximum atomic E-state index is 6.07. The lowest BCUT2D eigenvalue weighted by Crippen LogP contribution is -2.22. The molecule has 8 heteroatoms. The van der Waals surface area contributed by atoms with E-state index in [0.717, 1.165) is 16.8 Å². The van der Waals surface area contributed by atoms with Crippen molar-refractivity contribution >= 4 is 0 Å². The normalized spacial score (nSPS) is 15.9. The molecule has 29 heavy (non-hydrogen) atoms. The summed E-state index contributed by atoms with van der Waals surface area (Å²) < 4.78 is 18.7. The monoisotopic (exact) mass is 389 g/mol. The van der Waals surface area contributed by atoms with Gasteiger partial charge in [-0.05, 0) is 24.6 Å². The smallest absolute Gasteiger partial charge is 0.262 e. The summed E-state index contributed by atoms with van der Waals surface area (Å²) in [5.74, 6) is 1.41. The van der Waals surface area contributed by atoms with Crippen LogP contribution in [-0.4, -0.2) is 32.2 Å². The minimum atomic E-state index is -0.0629. The molecule has 1 aliphatic rings. The van der Waals surface area contributed by atoms with Crippen molar-refractivity contribution in [3.05, 3.63) is 65.4 Å². The van der Waals surface area contributed by atoms with Gasteiger partial charge in [0.1, 0.15) is 11.9 Å². The van der Waals surface area contributed by atoms with Crippen LogP contribution in [-0.2, 0) is 17.9 Å². The number of hydrogen-bond donors (Lipinski definition) is 0. The number of benzene rings is 2. The van der Waals surface area contributed by atoms with Crippen molar-refractivity contribution < 1.29 is 14.0 Å². The highest BCUT2D eigenvalue weighted by molar-refractivity contribution is 5.64. The zero-order valence-corrected chi connectivity index (χ0v) is 16.1. The number of hydrogen-bond acceptors (Lipinski definition) is 7. The van der Waals surface area contributed by atoms with Crippen LogP contribution in [0.25, 0.3) is 23.0 Å². The van der Waals surface area contributed by atoms with Gasteiger partial charge in [-0.1, -0.05) is 52.3 Å². The van der Waals surface area contributed by atoms with Gasteiger partial charge in [-0.3, -0.25) is 0 Å². The van der Waals surface area contributed by atoms with Crippen molar-refractivity contribution in [1.82, 2.24) is 25.1 Å². The van der Waals surface area contributed by atoms with E-state index in [1.807, 2.05) is 28.9 Å². The van der Waals surface area contributed by atoms with Gasteiger partial charge >= 0.3 is 0 Å². The average molecular weight is 389 g/mol. The zero-order valence-electron chi connectivity index (χ0n) is 16.1. The first-order chi connectivity index (χ1) is 14.2. The number of nitrogens with zero attached hydrogens (tertiary/aromatic N) is 5. The van der Waals surface area contributed by atoms with Gasteiger partial charge in [-0.15, -0.1) is 5.10 Å². The van der Waals surface area contributed by atoms with Gasteiger partial charge in [-0.25, -0.2) is 4.68 Å². The van der Waals surface area contributed by atoms with E-state index in [-0.39, 0.29) is 6.10 Å². The van der Waals surface area contributed by atoms with E-state index < -0.39 is 0 Å². The van der Waals surface area contributed by atoms with Crippen LogP contribution in [0.3, 0.4) is 0 Å². The Labute approximate surface area is 167 Å². The average Bonchev–Trinajstić information content (AvgIpc) is 3.40. The van der Waals surface area contributed by atoms with Crippen LogP contribution in [0.5, 0.6) is 5.75 Å². The molecule has 0 spiro atoms. The molecule has 2 aromatic heterocycles. The molecular weight excluding hydrogens is 370 g/mol. The van der Waals surface area contributed by atoms with Crippen molar-refractivity contribution in [2.24, 2.45) is 0 Å². The van der Waals surface area contributed by atoms with Crippen LogP contribution < -0.4 is 4.74 Å². The van der Waals surface area contributed by atoms with E-state index in [1.165, 1.54) is 5.56 Å². The zero-order chi connectivity index (χ0) is 19.8. The maximum Gasteiger partial charge on any atom is 0.262 e. The summed E-state index contributed by atoms with van der Waals surface area (Å²) >= 11 is 0. The molecule has 1 unspecified atom stereocenters. The van der Waals surface area contributed by atoms with Gasteiger partial charge in [0.25, 0.3) is 5.89 Å². The molecule has 5 rings (SSSR count). The molecule has 0 aliphatic carbocycles. The van der Waals surface area contributed by atoms with E-state index in [1.54, 1.807) is 7.11 Å². The molecule has 1 aliphatic heterocycles. The molecule has 8 nitrogen and oxygen atoms in total. The Bertz CT molecular complexity index is 1150. The van der Waals surface area contributed by atoms with Crippen molar-refractivity contribution in [3.8, 4) is 28.7 Å². The number of para-hydroxylation sites is 1. The molecular formula is C21H19N5O3. The minimum absolute atomic E-state index is 0.0629. The summed E-state index contributed by atoms with van der Waals surface area (Å²) in [6, 6.07) is 15.8. The molecule has 0 amide bonds. The van der Waals surface area contributed by atoms with E-state index in [0.29, 0.717) is 36.3 Å². The molecule has 2 aromatic carbocycles. The SMILES string of the molecule is COc1ccccc1-c1nc(-c2nnn3c2COC(c2ccc(C)cc2)C3)no1. The van der Waals surface area contributed by atoms with Crippen LogP contribution in [0.4, 0.5) is 0 Å². The first-order valence-electron chi connectivity index (χ1n) is 9.31. The topological polar surface area (TPSA) is 88.1 Å². The third kappa shape index (κ3) is 3.17. The van der Waals surface area contributed by atoms with Crippen LogP contribution in [0.1, 0.15) is 22.9 Å². The summed E-state index contributed by atoms with van der Waals surface area (Å²) in [6.07, 6.45) is -0.0629. The number of fused-ring (bicyclic) bond motifs is 1. The highest BCUT2D eigenvalue weighted by atomic mass is 16.5. The summed E-state index contributed by atoms with van der Waals surface area (Å²) in [5.41, 5.74) is 4.47. The lowest BCUT2D eigenvalue weighted by molar-refractivity contribution is -0.00112. The lowest BCUT2D eigenvalue weighted by atomic mass is 10.1.